The molecule has 2 rings (SSSR count). The molecule has 0 amide bonds. The summed E-state index contributed by atoms with van der Waals surface area (Å²) in [6.07, 6.45) is 1.20. The number of phenolic OH excluding ortho intramolecular Hbond substituents is 1. The lowest BCUT2D eigenvalue weighted by Gasteiger charge is -2.09. The summed E-state index contributed by atoms with van der Waals surface area (Å²) in [6, 6.07) is 10.8. The van der Waals surface area contributed by atoms with Crippen LogP contribution in [0.5, 0.6) is 5.75 Å². The maximum absolute atomic E-state index is 12.1. The second-order valence-corrected chi connectivity index (χ2v) is 5.33. The van der Waals surface area contributed by atoms with E-state index in [2.05, 4.69) is 32.9 Å². The van der Waals surface area contributed by atoms with Crippen LogP contribution >= 0.6 is 0 Å². The average molecular weight is 268 g/mol. The quantitative estimate of drug-likeness (QED) is 0.846. The summed E-state index contributed by atoms with van der Waals surface area (Å²) in [5, 5.41) is 9.40. The largest absolute Gasteiger partial charge is 0.508 e. The molecule has 0 heterocycles. The Morgan fingerprint density at radius 3 is 2.30 bits per heavy atom. The summed E-state index contributed by atoms with van der Waals surface area (Å²) in [6.45, 7) is 6.32. The number of carbonyl (C=O) groups excluding carboxylic acids is 1. The molecule has 0 radical (unpaired) electrons. The van der Waals surface area contributed by atoms with E-state index in [4.69, 9.17) is 0 Å². The molecule has 2 heteroatoms. The zero-order valence-corrected chi connectivity index (χ0v) is 12.2. The fourth-order valence-electron chi connectivity index (χ4n) is 2.35. The van der Waals surface area contributed by atoms with E-state index in [1.54, 1.807) is 18.2 Å². The van der Waals surface area contributed by atoms with E-state index in [9.17, 15) is 9.90 Å². The highest BCUT2D eigenvalue weighted by Crippen LogP contribution is 2.18. The molecule has 104 valence electrons. The molecule has 0 aliphatic carbocycles. The van der Waals surface area contributed by atoms with Crippen LogP contribution in [0.1, 0.15) is 39.0 Å². The maximum Gasteiger partial charge on any atom is 0.163 e. The summed E-state index contributed by atoms with van der Waals surface area (Å²) in [5.41, 5.74) is 5.62. The molecular weight excluding hydrogens is 248 g/mol. The third-order valence-corrected chi connectivity index (χ3v) is 3.80. The number of rotatable bonds is 4. The van der Waals surface area contributed by atoms with Crippen molar-refractivity contribution in [1.29, 1.82) is 0 Å². The molecule has 1 N–H and O–H groups in total. The Balaban J connectivity index is 2.07. The minimum absolute atomic E-state index is 0.0665. The molecule has 0 unspecified atom stereocenters. The number of Topliss-reactive ketones (excluding diaryl/α,β-unsaturated/α-hetero) is 1. The second kappa shape index (κ2) is 5.91. The van der Waals surface area contributed by atoms with Crippen molar-refractivity contribution < 1.29 is 9.90 Å². The first kappa shape index (κ1) is 14.3. The molecule has 20 heavy (non-hydrogen) atoms. The van der Waals surface area contributed by atoms with E-state index in [1.807, 2.05) is 0 Å². The average Bonchev–Trinajstić information content (AvgIpc) is 2.42. The Morgan fingerprint density at radius 1 is 1.05 bits per heavy atom. The molecule has 2 aromatic carbocycles. The van der Waals surface area contributed by atoms with Crippen LogP contribution < -0.4 is 0 Å². The second-order valence-electron chi connectivity index (χ2n) is 5.33. The summed E-state index contributed by atoms with van der Waals surface area (Å²) < 4.78 is 0. The Bertz CT molecular complexity index is 619. The molecule has 0 atom stereocenters. The molecule has 0 aliphatic rings. The third-order valence-electron chi connectivity index (χ3n) is 3.80. The van der Waals surface area contributed by atoms with Gasteiger partial charge in [-0.2, -0.15) is 0 Å². The van der Waals surface area contributed by atoms with Crippen LogP contribution in [-0.4, -0.2) is 10.9 Å². The highest BCUT2D eigenvalue weighted by atomic mass is 16.3. The Labute approximate surface area is 120 Å². The summed E-state index contributed by atoms with van der Waals surface area (Å²) in [7, 11) is 0. The first-order valence-electron chi connectivity index (χ1n) is 6.86. The zero-order chi connectivity index (χ0) is 14.7. The fraction of sp³-hybridized carbons (Fsp3) is 0.278. The van der Waals surface area contributed by atoms with E-state index in [-0.39, 0.29) is 11.5 Å². The fourth-order valence-corrected chi connectivity index (χ4v) is 2.35. The lowest BCUT2D eigenvalue weighted by Crippen LogP contribution is -2.02. The molecule has 0 fully saturated rings. The van der Waals surface area contributed by atoms with Crippen LogP contribution in [0.2, 0.25) is 0 Å². The number of phenols is 1. The van der Waals surface area contributed by atoms with Gasteiger partial charge in [-0.1, -0.05) is 24.3 Å². The van der Waals surface area contributed by atoms with Crippen LogP contribution in [0.4, 0.5) is 0 Å². The molecule has 0 saturated carbocycles. The summed E-state index contributed by atoms with van der Waals surface area (Å²) in [4.78, 5) is 12.1. The number of hydrogen-bond acceptors (Lipinski definition) is 2. The first-order chi connectivity index (χ1) is 9.47. The lowest BCUT2D eigenvalue weighted by atomic mass is 9.96. The maximum atomic E-state index is 12.1. The van der Waals surface area contributed by atoms with Crippen LogP contribution in [0.15, 0.2) is 36.4 Å². The SMILES string of the molecule is Cc1cc(CCC(=O)c2cccc(O)c2)cc(C)c1C. The molecule has 0 saturated heterocycles. The molecule has 0 aromatic heterocycles. The van der Waals surface area contributed by atoms with E-state index >= 15 is 0 Å². The topological polar surface area (TPSA) is 37.3 Å². The number of benzene rings is 2. The van der Waals surface area contributed by atoms with Crippen molar-refractivity contribution in [3.63, 3.8) is 0 Å². The monoisotopic (exact) mass is 268 g/mol. The van der Waals surface area contributed by atoms with Gasteiger partial charge in [-0.05, 0) is 61.6 Å². The number of hydrogen-bond donors (Lipinski definition) is 1. The smallest absolute Gasteiger partial charge is 0.163 e. The lowest BCUT2D eigenvalue weighted by molar-refractivity contribution is 0.0982. The number of carbonyl (C=O) groups is 1. The minimum Gasteiger partial charge on any atom is -0.508 e. The molecule has 0 spiro atoms. The highest BCUT2D eigenvalue weighted by Gasteiger charge is 2.08. The Morgan fingerprint density at radius 2 is 1.70 bits per heavy atom. The predicted molar refractivity (Wildman–Crippen MR) is 81.4 cm³/mol. The van der Waals surface area contributed by atoms with Gasteiger partial charge in [-0.25, -0.2) is 0 Å². The Hall–Kier alpha value is -2.09. The highest BCUT2D eigenvalue weighted by molar-refractivity contribution is 5.96. The van der Waals surface area contributed by atoms with Crippen molar-refractivity contribution in [3.05, 3.63) is 64.2 Å². The van der Waals surface area contributed by atoms with Gasteiger partial charge in [0.1, 0.15) is 5.75 Å². The van der Waals surface area contributed by atoms with Gasteiger partial charge in [0.05, 0.1) is 0 Å². The summed E-state index contributed by atoms with van der Waals surface area (Å²) in [5.74, 6) is 0.203. The van der Waals surface area contributed by atoms with Crippen LogP contribution in [0.25, 0.3) is 0 Å². The van der Waals surface area contributed by atoms with Crippen LogP contribution in [0.3, 0.4) is 0 Å². The number of aryl methyl sites for hydroxylation is 3. The van der Waals surface area contributed by atoms with Crippen molar-refractivity contribution in [2.45, 2.75) is 33.6 Å². The van der Waals surface area contributed by atoms with Crippen molar-refractivity contribution in [1.82, 2.24) is 0 Å². The van der Waals surface area contributed by atoms with Crippen molar-refractivity contribution >= 4 is 5.78 Å². The van der Waals surface area contributed by atoms with Gasteiger partial charge < -0.3 is 5.11 Å². The van der Waals surface area contributed by atoms with Crippen LogP contribution in [-0.2, 0) is 6.42 Å². The first-order valence-corrected chi connectivity index (χ1v) is 6.86. The molecule has 0 aliphatic heterocycles. The van der Waals surface area contributed by atoms with E-state index in [0.717, 1.165) is 6.42 Å². The molecule has 2 nitrogen and oxygen atoms in total. The normalized spacial score (nSPS) is 10.6. The van der Waals surface area contributed by atoms with Crippen molar-refractivity contribution in [2.75, 3.05) is 0 Å². The van der Waals surface area contributed by atoms with Gasteiger partial charge in [0.2, 0.25) is 0 Å². The van der Waals surface area contributed by atoms with Gasteiger partial charge in [-0.15, -0.1) is 0 Å². The zero-order valence-electron chi connectivity index (χ0n) is 12.2. The van der Waals surface area contributed by atoms with Gasteiger partial charge >= 0.3 is 0 Å². The van der Waals surface area contributed by atoms with Gasteiger partial charge in [0.15, 0.2) is 5.78 Å². The minimum atomic E-state index is 0.0665. The van der Waals surface area contributed by atoms with Crippen molar-refractivity contribution in [2.24, 2.45) is 0 Å². The molecule has 2 aromatic rings. The summed E-state index contributed by atoms with van der Waals surface area (Å²) >= 11 is 0. The van der Waals surface area contributed by atoms with E-state index < -0.39 is 0 Å². The number of ketones is 1. The van der Waals surface area contributed by atoms with Gasteiger partial charge in [-0.3, -0.25) is 4.79 Å². The van der Waals surface area contributed by atoms with Crippen molar-refractivity contribution in [3.8, 4) is 5.75 Å². The third kappa shape index (κ3) is 3.27. The number of aromatic hydroxyl groups is 1. The molecule has 0 bridgehead atoms. The van der Waals surface area contributed by atoms with E-state index in [1.165, 1.54) is 28.3 Å². The Kier molecular flexibility index (Phi) is 4.23. The predicted octanol–water partition coefficient (Wildman–Crippen LogP) is 4.13. The van der Waals surface area contributed by atoms with Gasteiger partial charge in [0.25, 0.3) is 0 Å². The van der Waals surface area contributed by atoms with E-state index in [0.29, 0.717) is 12.0 Å². The molecular formula is C18H20O2. The van der Waals surface area contributed by atoms with Crippen LogP contribution in [0, 0.1) is 20.8 Å². The standard InChI is InChI=1S/C18H20O2/c1-12-9-15(10-13(2)14(12)3)7-8-18(20)16-5-4-6-17(19)11-16/h4-6,9-11,19H,7-8H2,1-3H3. The van der Waals surface area contributed by atoms with Gasteiger partial charge in [0, 0.05) is 12.0 Å².